The Hall–Kier alpha value is -3.13. The van der Waals surface area contributed by atoms with Gasteiger partial charge in [0.2, 0.25) is 11.7 Å². The Morgan fingerprint density at radius 1 is 1.14 bits per heavy atom. The van der Waals surface area contributed by atoms with Crippen LogP contribution in [-0.4, -0.2) is 24.9 Å². The highest BCUT2D eigenvalue weighted by Gasteiger charge is 2.18. The van der Waals surface area contributed by atoms with Crippen LogP contribution in [0.25, 0.3) is 22.8 Å². The van der Waals surface area contributed by atoms with Crippen LogP contribution >= 0.6 is 11.8 Å². The zero-order valence-corrected chi connectivity index (χ0v) is 16.4. The van der Waals surface area contributed by atoms with Crippen molar-refractivity contribution in [1.29, 1.82) is 0 Å². The number of hydrogen-bond donors (Lipinski definition) is 0. The average molecular weight is 393 g/mol. The van der Waals surface area contributed by atoms with Crippen LogP contribution in [0.1, 0.15) is 17.2 Å². The smallest absolute Gasteiger partial charge is 0.237 e. The largest absolute Gasteiger partial charge is 0.469 e. The molecule has 8 heteroatoms. The van der Waals surface area contributed by atoms with E-state index in [1.54, 1.807) is 6.26 Å². The second-order valence-corrected chi connectivity index (χ2v) is 7.20. The summed E-state index contributed by atoms with van der Waals surface area (Å²) in [6.07, 6.45) is 3.46. The van der Waals surface area contributed by atoms with Gasteiger partial charge in [-0.05, 0) is 19.9 Å². The molecule has 0 aliphatic rings. The Morgan fingerprint density at radius 3 is 2.68 bits per heavy atom. The number of thioether (sulfide) groups is 1. The number of benzene rings is 1. The Balaban J connectivity index is 1.52. The molecule has 0 aliphatic heterocycles. The third kappa shape index (κ3) is 3.63. The number of hydrogen-bond acceptors (Lipinski definition) is 7. The van der Waals surface area contributed by atoms with Crippen molar-refractivity contribution in [3.63, 3.8) is 0 Å². The van der Waals surface area contributed by atoms with Gasteiger partial charge < -0.3 is 8.94 Å². The summed E-state index contributed by atoms with van der Waals surface area (Å²) in [6.45, 7) is 8.37. The van der Waals surface area contributed by atoms with Crippen LogP contribution in [0, 0.1) is 13.8 Å². The van der Waals surface area contributed by atoms with E-state index >= 15 is 0 Å². The van der Waals surface area contributed by atoms with Crippen LogP contribution in [0.15, 0.2) is 63.3 Å². The lowest BCUT2D eigenvalue weighted by Gasteiger charge is -2.06. The van der Waals surface area contributed by atoms with Crippen LogP contribution in [-0.2, 0) is 12.3 Å². The van der Waals surface area contributed by atoms with Crippen LogP contribution < -0.4 is 0 Å². The molecule has 0 spiro atoms. The summed E-state index contributed by atoms with van der Waals surface area (Å²) in [6, 6.07) is 9.91. The molecule has 3 heterocycles. The molecule has 0 saturated heterocycles. The summed E-state index contributed by atoms with van der Waals surface area (Å²) < 4.78 is 12.8. The molecular weight excluding hydrogens is 374 g/mol. The van der Waals surface area contributed by atoms with E-state index in [1.807, 2.05) is 54.8 Å². The second kappa shape index (κ2) is 7.85. The molecule has 28 heavy (non-hydrogen) atoms. The van der Waals surface area contributed by atoms with Gasteiger partial charge in [-0.2, -0.15) is 4.98 Å². The lowest BCUT2D eigenvalue weighted by molar-refractivity contribution is 0.391. The first-order chi connectivity index (χ1) is 13.7. The van der Waals surface area contributed by atoms with Crippen molar-refractivity contribution in [2.45, 2.75) is 31.3 Å². The van der Waals surface area contributed by atoms with E-state index in [0.717, 1.165) is 27.9 Å². The van der Waals surface area contributed by atoms with Gasteiger partial charge in [-0.15, -0.1) is 16.8 Å². The number of aryl methyl sites for hydroxylation is 2. The fraction of sp³-hybridized carbons (Fsp3) is 0.200. The van der Waals surface area contributed by atoms with Crippen molar-refractivity contribution in [3.05, 3.63) is 66.5 Å². The first-order valence-corrected chi connectivity index (χ1v) is 9.75. The third-order valence-corrected chi connectivity index (χ3v) is 5.18. The molecule has 0 N–H and O–H groups in total. The highest BCUT2D eigenvalue weighted by atomic mass is 32.2. The Bertz CT molecular complexity index is 1090. The molecule has 0 fully saturated rings. The minimum Gasteiger partial charge on any atom is -0.469 e. The average Bonchev–Trinajstić information content (AvgIpc) is 3.41. The first kappa shape index (κ1) is 18.2. The van der Waals surface area contributed by atoms with Crippen molar-refractivity contribution in [2.75, 3.05) is 0 Å². The molecule has 0 amide bonds. The molecule has 0 saturated carbocycles. The summed E-state index contributed by atoms with van der Waals surface area (Å²) in [4.78, 5) is 4.48. The molecule has 142 valence electrons. The minimum atomic E-state index is 0.499. The maximum absolute atomic E-state index is 5.40. The highest BCUT2D eigenvalue weighted by molar-refractivity contribution is 7.98. The van der Waals surface area contributed by atoms with Gasteiger partial charge in [0.15, 0.2) is 11.0 Å². The maximum atomic E-state index is 5.40. The molecule has 4 rings (SSSR count). The van der Waals surface area contributed by atoms with Gasteiger partial charge in [0.1, 0.15) is 5.76 Å². The molecule has 7 nitrogen and oxygen atoms in total. The summed E-state index contributed by atoms with van der Waals surface area (Å²) >= 11 is 1.49. The normalized spacial score (nSPS) is 11.1. The second-order valence-electron chi connectivity index (χ2n) is 6.26. The van der Waals surface area contributed by atoms with Crippen molar-refractivity contribution in [3.8, 4) is 22.8 Å². The zero-order chi connectivity index (χ0) is 19.5. The van der Waals surface area contributed by atoms with Gasteiger partial charge in [0, 0.05) is 12.1 Å². The Labute approximate surface area is 166 Å². The molecular formula is C20H19N5O2S. The van der Waals surface area contributed by atoms with E-state index in [4.69, 9.17) is 8.94 Å². The summed E-state index contributed by atoms with van der Waals surface area (Å²) in [5, 5.41) is 13.5. The predicted octanol–water partition coefficient (Wildman–Crippen LogP) is 4.68. The molecule has 0 aliphatic carbocycles. The van der Waals surface area contributed by atoms with Crippen LogP contribution in [0.4, 0.5) is 0 Å². The van der Waals surface area contributed by atoms with Crippen LogP contribution in [0.2, 0.25) is 0 Å². The Morgan fingerprint density at radius 2 is 1.96 bits per heavy atom. The third-order valence-electron chi connectivity index (χ3n) is 4.23. The molecule has 0 atom stereocenters. The standard InChI is InChI=1S/C20H19N5O2S/c1-4-10-25-19(16-9-11-26-14(16)3)22-23-20(25)28-12-17-21-18(24-27-17)15-7-5-13(2)6-8-15/h4-9,11H,1,10,12H2,2-3H3. The lowest BCUT2D eigenvalue weighted by Crippen LogP contribution is -2.00. The Kier molecular flexibility index (Phi) is 5.12. The SMILES string of the molecule is C=CCn1c(SCc2nc(-c3ccc(C)cc3)no2)nnc1-c1ccoc1C. The van der Waals surface area contributed by atoms with E-state index in [2.05, 4.69) is 26.9 Å². The number of rotatable bonds is 7. The maximum Gasteiger partial charge on any atom is 0.237 e. The quantitative estimate of drug-likeness (QED) is 0.333. The van der Waals surface area contributed by atoms with Crippen LogP contribution in [0.3, 0.4) is 0 Å². The molecule has 0 unspecified atom stereocenters. The highest BCUT2D eigenvalue weighted by Crippen LogP contribution is 2.29. The van der Waals surface area contributed by atoms with E-state index in [9.17, 15) is 0 Å². The van der Waals surface area contributed by atoms with Gasteiger partial charge >= 0.3 is 0 Å². The molecule has 3 aromatic heterocycles. The first-order valence-electron chi connectivity index (χ1n) is 8.76. The fourth-order valence-corrected chi connectivity index (χ4v) is 3.55. The zero-order valence-electron chi connectivity index (χ0n) is 15.6. The van der Waals surface area contributed by atoms with E-state index in [0.29, 0.717) is 24.0 Å². The summed E-state index contributed by atoms with van der Waals surface area (Å²) in [5.74, 6) is 3.17. The van der Waals surface area contributed by atoms with Gasteiger partial charge in [-0.3, -0.25) is 4.57 Å². The minimum absolute atomic E-state index is 0.499. The summed E-state index contributed by atoms with van der Waals surface area (Å²) in [5.41, 5.74) is 3.03. The van der Waals surface area contributed by atoms with E-state index in [1.165, 1.54) is 17.3 Å². The van der Waals surface area contributed by atoms with Crippen molar-refractivity contribution >= 4 is 11.8 Å². The van der Waals surface area contributed by atoms with Gasteiger partial charge in [-0.25, -0.2) is 0 Å². The number of furan rings is 1. The van der Waals surface area contributed by atoms with Gasteiger partial charge in [0.25, 0.3) is 0 Å². The predicted molar refractivity (Wildman–Crippen MR) is 107 cm³/mol. The van der Waals surface area contributed by atoms with Crippen LogP contribution in [0.5, 0.6) is 0 Å². The lowest BCUT2D eigenvalue weighted by atomic mass is 10.1. The van der Waals surface area contributed by atoms with Gasteiger partial charge in [-0.1, -0.05) is 52.8 Å². The number of nitrogens with zero attached hydrogens (tertiary/aromatic N) is 5. The number of aromatic nitrogens is 5. The van der Waals surface area contributed by atoms with E-state index < -0.39 is 0 Å². The fourth-order valence-electron chi connectivity index (χ4n) is 2.77. The van der Waals surface area contributed by atoms with Crippen molar-refractivity contribution in [2.24, 2.45) is 0 Å². The molecule has 0 bridgehead atoms. The molecule has 4 aromatic rings. The van der Waals surface area contributed by atoms with Crippen molar-refractivity contribution in [1.82, 2.24) is 24.9 Å². The van der Waals surface area contributed by atoms with Crippen molar-refractivity contribution < 1.29 is 8.94 Å². The number of allylic oxidation sites excluding steroid dienone is 1. The van der Waals surface area contributed by atoms with E-state index in [-0.39, 0.29) is 0 Å². The monoisotopic (exact) mass is 393 g/mol. The molecule has 0 radical (unpaired) electrons. The topological polar surface area (TPSA) is 82.8 Å². The summed E-state index contributed by atoms with van der Waals surface area (Å²) in [7, 11) is 0. The molecule has 1 aromatic carbocycles. The van der Waals surface area contributed by atoms with Gasteiger partial charge in [0.05, 0.1) is 17.6 Å².